The molecule has 25 heavy (non-hydrogen) atoms. The van der Waals surface area contributed by atoms with Crippen LogP contribution >= 0.6 is 0 Å². The van der Waals surface area contributed by atoms with Crippen LogP contribution in [0.25, 0.3) is 0 Å². The molecule has 1 amide bonds. The Balaban J connectivity index is 1.41. The van der Waals surface area contributed by atoms with E-state index in [1.807, 2.05) is 17.0 Å². The average Bonchev–Trinajstić information content (AvgIpc) is 3.38. The molecule has 1 aromatic heterocycles. The molecule has 2 aromatic rings. The summed E-state index contributed by atoms with van der Waals surface area (Å²) < 4.78 is 5.36. The van der Waals surface area contributed by atoms with Gasteiger partial charge in [-0.25, -0.2) is 0 Å². The number of hydrogen-bond acceptors (Lipinski definition) is 4. The SMILES string of the molecule is C[C@@H]1CN(Cc2ccccc2)CCCN1C(=O)c1cc(C2CC2)on1. The lowest BCUT2D eigenvalue weighted by atomic mass is 10.2. The lowest BCUT2D eigenvalue weighted by Gasteiger charge is -2.28. The standard InChI is InChI=1S/C20H25N3O2/c1-15-13-22(14-16-6-3-2-4-7-16)10-5-11-23(15)20(24)18-12-19(25-21-18)17-8-9-17/h2-4,6-7,12,15,17H,5,8-11,13-14H2,1H3/t15-/m1/s1. The van der Waals surface area contributed by atoms with Gasteiger partial charge in [0.15, 0.2) is 5.69 Å². The molecule has 2 heterocycles. The monoisotopic (exact) mass is 339 g/mol. The zero-order chi connectivity index (χ0) is 17.2. The normalized spacial score (nSPS) is 22.0. The summed E-state index contributed by atoms with van der Waals surface area (Å²) in [7, 11) is 0. The second-order valence-electron chi connectivity index (χ2n) is 7.31. The molecule has 0 bridgehead atoms. The van der Waals surface area contributed by atoms with Crippen LogP contribution in [0.15, 0.2) is 40.9 Å². The first-order valence-electron chi connectivity index (χ1n) is 9.24. The van der Waals surface area contributed by atoms with Gasteiger partial charge in [0, 0.05) is 44.2 Å². The first-order valence-corrected chi connectivity index (χ1v) is 9.24. The number of aromatic nitrogens is 1. The van der Waals surface area contributed by atoms with E-state index in [9.17, 15) is 4.79 Å². The molecule has 1 atom stereocenters. The second-order valence-corrected chi connectivity index (χ2v) is 7.31. The van der Waals surface area contributed by atoms with Crippen LogP contribution in [0.4, 0.5) is 0 Å². The van der Waals surface area contributed by atoms with Gasteiger partial charge in [0.25, 0.3) is 5.91 Å². The largest absolute Gasteiger partial charge is 0.360 e. The van der Waals surface area contributed by atoms with Crippen molar-refractivity contribution >= 4 is 5.91 Å². The van der Waals surface area contributed by atoms with Crippen molar-refractivity contribution in [3.8, 4) is 0 Å². The lowest BCUT2D eigenvalue weighted by molar-refractivity contribution is 0.0681. The Morgan fingerprint density at radius 3 is 2.80 bits per heavy atom. The topological polar surface area (TPSA) is 49.6 Å². The quantitative estimate of drug-likeness (QED) is 0.858. The fraction of sp³-hybridized carbons (Fsp3) is 0.500. The highest BCUT2D eigenvalue weighted by molar-refractivity contribution is 5.92. The summed E-state index contributed by atoms with van der Waals surface area (Å²) >= 11 is 0. The Morgan fingerprint density at radius 2 is 2.04 bits per heavy atom. The molecule has 0 N–H and O–H groups in total. The average molecular weight is 339 g/mol. The maximum absolute atomic E-state index is 12.9. The van der Waals surface area contributed by atoms with Gasteiger partial charge in [-0.1, -0.05) is 35.5 Å². The van der Waals surface area contributed by atoms with E-state index in [4.69, 9.17) is 4.52 Å². The van der Waals surface area contributed by atoms with Crippen molar-refractivity contribution in [2.45, 2.75) is 44.7 Å². The lowest BCUT2D eigenvalue weighted by Crippen LogP contribution is -2.42. The Hall–Kier alpha value is -2.14. The van der Waals surface area contributed by atoms with Gasteiger partial charge in [0.1, 0.15) is 5.76 Å². The molecule has 0 unspecified atom stereocenters. The Bertz CT molecular complexity index is 724. The molecule has 5 nitrogen and oxygen atoms in total. The molecule has 1 saturated carbocycles. The summed E-state index contributed by atoms with van der Waals surface area (Å²) in [6, 6.07) is 12.5. The minimum Gasteiger partial charge on any atom is -0.360 e. The van der Waals surface area contributed by atoms with Crippen molar-refractivity contribution in [2.24, 2.45) is 0 Å². The van der Waals surface area contributed by atoms with Gasteiger partial charge in [-0.05, 0) is 31.7 Å². The highest BCUT2D eigenvalue weighted by Gasteiger charge is 2.32. The van der Waals surface area contributed by atoms with Crippen molar-refractivity contribution in [1.82, 2.24) is 15.0 Å². The maximum atomic E-state index is 12.9. The zero-order valence-electron chi connectivity index (χ0n) is 14.7. The first-order chi connectivity index (χ1) is 12.2. The third-order valence-electron chi connectivity index (χ3n) is 5.16. The van der Waals surface area contributed by atoms with Crippen molar-refractivity contribution < 1.29 is 9.32 Å². The third kappa shape index (κ3) is 3.76. The Morgan fingerprint density at radius 1 is 1.24 bits per heavy atom. The van der Waals surface area contributed by atoms with Gasteiger partial charge in [-0.2, -0.15) is 0 Å². The molecule has 1 saturated heterocycles. The molecule has 1 aromatic carbocycles. The minimum absolute atomic E-state index is 0.00436. The zero-order valence-corrected chi connectivity index (χ0v) is 14.7. The fourth-order valence-corrected chi connectivity index (χ4v) is 3.63. The molecule has 1 aliphatic heterocycles. The van der Waals surface area contributed by atoms with Crippen LogP contribution in [0.3, 0.4) is 0 Å². The summed E-state index contributed by atoms with van der Waals surface area (Å²) in [4.78, 5) is 17.3. The fourth-order valence-electron chi connectivity index (χ4n) is 3.63. The van der Waals surface area contributed by atoms with E-state index >= 15 is 0 Å². The molecule has 0 radical (unpaired) electrons. The van der Waals surface area contributed by atoms with Gasteiger partial charge in [0.2, 0.25) is 0 Å². The summed E-state index contributed by atoms with van der Waals surface area (Å²) in [6.07, 6.45) is 3.28. The summed E-state index contributed by atoms with van der Waals surface area (Å²) in [5.74, 6) is 1.36. The van der Waals surface area contributed by atoms with Crippen LogP contribution in [0.2, 0.25) is 0 Å². The van der Waals surface area contributed by atoms with E-state index in [1.165, 1.54) is 5.56 Å². The Labute approximate surface area is 148 Å². The van der Waals surface area contributed by atoms with Gasteiger partial charge in [0.05, 0.1) is 0 Å². The van der Waals surface area contributed by atoms with Gasteiger partial charge >= 0.3 is 0 Å². The summed E-state index contributed by atoms with van der Waals surface area (Å²) in [6.45, 7) is 5.73. The van der Waals surface area contributed by atoms with E-state index in [1.54, 1.807) is 0 Å². The maximum Gasteiger partial charge on any atom is 0.276 e. The molecular formula is C20H25N3O2. The van der Waals surface area contributed by atoms with Crippen molar-refractivity contribution in [3.05, 3.63) is 53.4 Å². The van der Waals surface area contributed by atoms with Crippen LogP contribution in [0.1, 0.15) is 53.9 Å². The van der Waals surface area contributed by atoms with Crippen LogP contribution < -0.4 is 0 Å². The second kappa shape index (κ2) is 7.00. The molecule has 0 spiro atoms. The third-order valence-corrected chi connectivity index (χ3v) is 5.16. The molecule has 2 fully saturated rings. The van der Waals surface area contributed by atoms with Crippen LogP contribution in [-0.2, 0) is 6.54 Å². The Kier molecular flexibility index (Phi) is 4.57. The number of amides is 1. The predicted molar refractivity (Wildman–Crippen MR) is 95.3 cm³/mol. The number of nitrogens with zero attached hydrogens (tertiary/aromatic N) is 3. The number of carbonyl (C=O) groups is 1. The summed E-state index contributed by atoms with van der Waals surface area (Å²) in [5, 5.41) is 4.02. The van der Waals surface area contributed by atoms with E-state index in [-0.39, 0.29) is 11.9 Å². The van der Waals surface area contributed by atoms with Crippen LogP contribution in [-0.4, -0.2) is 46.5 Å². The predicted octanol–water partition coefficient (Wildman–Crippen LogP) is 3.29. The highest BCUT2D eigenvalue weighted by atomic mass is 16.5. The van der Waals surface area contributed by atoms with Crippen LogP contribution in [0, 0.1) is 0 Å². The molecule has 2 aliphatic rings. The molecule has 5 heteroatoms. The van der Waals surface area contributed by atoms with Gasteiger partial charge in [-0.3, -0.25) is 9.69 Å². The van der Waals surface area contributed by atoms with E-state index in [0.29, 0.717) is 11.6 Å². The molecular weight excluding hydrogens is 314 g/mol. The highest BCUT2D eigenvalue weighted by Crippen LogP contribution is 2.40. The number of benzene rings is 1. The number of carbonyl (C=O) groups excluding carboxylic acids is 1. The number of rotatable bonds is 4. The molecule has 1 aliphatic carbocycles. The van der Waals surface area contributed by atoms with Crippen molar-refractivity contribution in [3.63, 3.8) is 0 Å². The molecule has 4 rings (SSSR count). The van der Waals surface area contributed by atoms with E-state index in [0.717, 1.165) is 51.2 Å². The number of hydrogen-bond donors (Lipinski definition) is 0. The van der Waals surface area contributed by atoms with Crippen molar-refractivity contribution in [1.29, 1.82) is 0 Å². The summed E-state index contributed by atoms with van der Waals surface area (Å²) in [5.41, 5.74) is 1.78. The smallest absolute Gasteiger partial charge is 0.276 e. The molecule has 132 valence electrons. The first kappa shape index (κ1) is 16.3. The van der Waals surface area contributed by atoms with E-state index < -0.39 is 0 Å². The minimum atomic E-state index is 0.00436. The van der Waals surface area contributed by atoms with Gasteiger partial charge < -0.3 is 9.42 Å². The van der Waals surface area contributed by atoms with Gasteiger partial charge in [-0.15, -0.1) is 0 Å². The van der Waals surface area contributed by atoms with Crippen molar-refractivity contribution in [2.75, 3.05) is 19.6 Å². The van der Waals surface area contributed by atoms with Crippen LogP contribution in [0.5, 0.6) is 0 Å². The van der Waals surface area contributed by atoms with E-state index in [2.05, 4.69) is 41.2 Å².